The molecule has 2 rings (SSSR count). The predicted octanol–water partition coefficient (Wildman–Crippen LogP) is 3.39. The average molecular weight is 337 g/mol. The minimum atomic E-state index is -0.559. The van der Waals surface area contributed by atoms with Gasteiger partial charge in [-0.15, -0.1) is 0 Å². The zero-order chi connectivity index (χ0) is 14.7. The van der Waals surface area contributed by atoms with Gasteiger partial charge in [0.05, 0.1) is 5.56 Å². The van der Waals surface area contributed by atoms with E-state index in [-0.39, 0.29) is 11.6 Å². The Kier molecular flexibility index (Phi) is 4.49. The molecule has 1 heterocycles. The van der Waals surface area contributed by atoms with Crippen LogP contribution in [-0.4, -0.2) is 16.5 Å². The fraction of sp³-hybridized carbons (Fsp3) is 0.200. The van der Waals surface area contributed by atoms with Gasteiger partial charge in [0.15, 0.2) is 0 Å². The van der Waals surface area contributed by atoms with Crippen LogP contribution >= 0.6 is 15.9 Å². The van der Waals surface area contributed by atoms with E-state index in [9.17, 15) is 9.18 Å². The van der Waals surface area contributed by atoms with E-state index in [1.54, 1.807) is 30.5 Å². The Balaban J connectivity index is 2.54. The van der Waals surface area contributed by atoms with E-state index in [1.807, 2.05) is 13.8 Å². The molecule has 2 aromatic rings. The minimum Gasteiger partial charge on any atom is -0.268 e. The van der Waals surface area contributed by atoms with Gasteiger partial charge < -0.3 is 0 Å². The summed E-state index contributed by atoms with van der Waals surface area (Å²) in [6.07, 6.45) is 1.59. The molecule has 20 heavy (non-hydrogen) atoms. The van der Waals surface area contributed by atoms with Gasteiger partial charge in [0.25, 0.3) is 5.91 Å². The summed E-state index contributed by atoms with van der Waals surface area (Å²) in [5.74, 6) is -0.994. The van der Waals surface area contributed by atoms with Crippen LogP contribution in [0.2, 0.25) is 0 Å². The van der Waals surface area contributed by atoms with Crippen LogP contribution in [0.25, 0.3) is 0 Å². The first-order valence-electron chi connectivity index (χ1n) is 6.20. The van der Waals surface area contributed by atoms with Crippen LogP contribution in [-0.2, 0) is 0 Å². The maximum absolute atomic E-state index is 13.9. The molecule has 3 nitrogen and oxygen atoms in total. The molecule has 0 bridgehead atoms. The van der Waals surface area contributed by atoms with Gasteiger partial charge in [-0.1, -0.05) is 22.0 Å². The molecule has 1 aromatic carbocycles. The standard InChI is InChI=1S/C15H14BrFN2O/c1-10(2)18-14-5-3-4-8-19(14)15(20)12-7-6-11(16)9-13(12)17/h3-10H,1-2H3. The lowest BCUT2D eigenvalue weighted by atomic mass is 10.2. The number of nitrogens with zero attached hydrogens (tertiary/aromatic N) is 2. The summed E-state index contributed by atoms with van der Waals surface area (Å²) in [6, 6.07) is 9.66. The summed E-state index contributed by atoms with van der Waals surface area (Å²) < 4.78 is 15.8. The summed E-state index contributed by atoms with van der Waals surface area (Å²) in [7, 11) is 0. The molecule has 5 heteroatoms. The lowest BCUT2D eigenvalue weighted by molar-refractivity contribution is 0.0950. The highest BCUT2D eigenvalue weighted by atomic mass is 79.9. The predicted molar refractivity (Wildman–Crippen MR) is 79.0 cm³/mol. The molecule has 0 aliphatic carbocycles. The average Bonchev–Trinajstić information content (AvgIpc) is 2.38. The fourth-order valence-electron chi connectivity index (χ4n) is 1.77. The Morgan fingerprint density at radius 3 is 2.70 bits per heavy atom. The Bertz CT molecular complexity index is 707. The van der Waals surface area contributed by atoms with Crippen molar-refractivity contribution in [1.82, 2.24) is 4.57 Å². The van der Waals surface area contributed by atoms with E-state index < -0.39 is 11.7 Å². The van der Waals surface area contributed by atoms with Crippen molar-refractivity contribution >= 4 is 21.8 Å². The highest BCUT2D eigenvalue weighted by Gasteiger charge is 2.14. The molecule has 0 fully saturated rings. The van der Waals surface area contributed by atoms with Gasteiger partial charge >= 0.3 is 0 Å². The summed E-state index contributed by atoms with van der Waals surface area (Å²) in [5, 5.41) is 0. The Morgan fingerprint density at radius 1 is 1.30 bits per heavy atom. The molecule has 0 saturated carbocycles. The molecule has 0 saturated heterocycles. The Labute approximate surface area is 124 Å². The van der Waals surface area contributed by atoms with Gasteiger partial charge in [0, 0.05) is 16.7 Å². The van der Waals surface area contributed by atoms with Crippen molar-refractivity contribution in [3.63, 3.8) is 0 Å². The third kappa shape index (κ3) is 3.22. The summed E-state index contributed by atoms with van der Waals surface area (Å²) in [4.78, 5) is 16.8. The lowest BCUT2D eigenvalue weighted by Gasteiger charge is -2.08. The van der Waals surface area contributed by atoms with E-state index in [4.69, 9.17) is 0 Å². The number of carbonyl (C=O) groups excluding carboxylic acids is 1. The first-order chi connectivity index (χ1) is 9.49. The molecule has 0 unspecified atom stereocenters. The van der Waals surface area contributed by atoms with Crippen LogP contribution in [0.5, 0.6) is 0 Å². The van der Waals surface area contributed by atoms with Crippen molar-refractivity contribution < 1.29 is 9.18 Å². The van der Waals surface area contributed by atoms with Crippen molar-refractivity contribution in [2.75, 3.05) is 0 Å². The van der Waals surface area contributed by atoms with Crippen LogP contribution < -0.4 is 5.49 Å². The normalized spacial score (nSPS) is 11.9. The van der Waals surface area contributed by atoms with E-state index in [1.165, 1.54) is 16.7 Å². The molecule has 0 aliphatic rings. The second-order valence-electron chi connectivity index (χ2n) is 4.58. The van der Waals surface area contributed by atoms with Crippen molar-refractivity contribution in [2.45, 2.75) is 19.9 Å². The molecule has 0 N–H and O–H groups in total. The SMILES string of the molecule is CC(C)N=c1ccccn1C(=O)c1ccc(Br)cc1F. The maximum Gasteiger partial charge on any atom is 0.266 e. The van der Waals surface area contributed by atoms with Crippen LogP contribution in [0.3, 0.4) is 0 Å². The van der Waals surface area contributed by atoms with Gasteiger partial charge in [-0.25, -0.2) is 4.39 Å². The third-order valence-corrected chi connectivity index (χ3v) is 3.10. The number of aromatic nitrogens is 1. The van der Waals surface area contributed by atoms with Gasteiger partial charge in [-0.2, -0.15) is 0 Å². The second kappa shape index (κ2) is 6.13. The highest BCUT2D eigenvalue weighted by molar-refractivity contribution is 9.10. The number of hydrogen-bond donors (Lipinski definition) is 0. The largest absolute Gasteiger partial charge is 0.268 e. The zero-order valence-corrected chi connectivity index (χ0v) is 12.8. The zero-order valence-electron chi connectivity index (χ0n) is 11.2. The van der Waals surface area contributed by atoms with Gasteiger partial charge in [-0.3, -0.25) is 14.4 Å². The first kappa shape index (κ1) is 14.7. The highest BCUT2D eigenvalue weighted by Crippen LogP contribution is 2.15. The van der Waals surface area contributed by atoms with Crippen molar-refractivity contribution in [3.8, 4) is 0 Å². The van der Waals surface area contributed by atoms with Gasteiger partial charge in [-0.05, 0) is 44.2 Å². The number of hydrogen-bond acceptors (Lipinski definition) is 2. The minimum absolute atomic E-state index is 0.0182. The monoisotopic (exact) mass is 336 g/mol. The van der Waals surface area contributed by atoms with Crippen molar-refractivity contribution in [3.05, 3.63) is 63.9 Å². The topological polar surface area (TPSA) is 34.4 Å². The molecule has 0 spiro atoms. The number of halogens is 2. The number of carbonyl (C=O) groups is 1. The Hall–Kier alpha value is -1.75. The van der Waals surface area contributed by atoms with Gasteiger partial charge in [0.2, 0.25) is 0 Å². The van der Waals surface area contributed by atoms with E-state index in [0.717, 1.165) is 0 Å². The Morgan fingerprint density at radius 2 is 2.05 bits per heavy atom. The van der Waals surface area contributed by atoms with Gasteiger partial charge in [0.1, 0.15) is 11.3 Å². The quantitative estimate of drug-likeness (QED) is 0.827. The number of pyridine rings is 1. The fourth-order valence-corrected chi connectivity index (χ4v) is 2.10. The summed E-state index contributed by atoms with van der Waals surface area (Å²) >= 11 is 3.17. The van der Waals surface area contributed by atoms with Crippen LogP contribution in [0, 0.1) is 5.82 Å². The van der Waals surface area contributed by atoms with E-state index >= 15 is 0 Å². The molecule has 0 aliphatic heterocycles. The molecule has 0 atom stereocenters. The number of benzene rings is 1. The number of rotatable bonds is 2. The molecule has 1 aromatic heterocycles. The molecular weight excluding hydrogens is 323 g/mol. The van der Waals surface area contributed by atoms with Crippen LogP contribution in [0.15, 0.2) is 52.1 Å². The maximum atomic E-state index is 13.9. The molecule has 104 valence electrons. The lowest BCUT2D eigenvalue weighted by Crippen LogP contribution is -2.28. The first-order valence-corrected chi connectivity index (χ1v) is 6.99. The third-order valence-electron chi connectivity index (χ3n) is 2.61. The molecule has 0 amide bonds. The molecule has 0 radical (unpaired) electrons. The molecular formula is C15H14BrFN2O. The van der Waals surface area contributed by atoms with Crippen molar-refractivity contribution in [2.24, 2.45) is 4.99 Å². The van der Waals surface area contributed by atoms with Crippen LogP contribution in [0.4, 0.5) is 4.39 Å². The van der Waals surface area contributed by atoms with Crippen LogP contribution in [0.1, 0.15) is 24.2 Å². The smallest absolute Gasteiger partial charge is 0.266 e. The van der Waals surface area contributed by atoms with E-state index in [0.29, 0.717) is 9.96 Å². The van der Waals surface area contributed by atoms with E-state index in [2.05, 4.69) is 20.9 Å². The van der Waals surface area contributed by atoms with Crippen molar-refractivity contribution in [1.29, 1.82) is 0 Å². The summed E-state index contributed by atoms with van der Waals surface area (Å²) in [6.45, 7) is 3.84. The summed E-state index contributed by atoms with van der Waals surface area (Å²) in [5.41, 5.74) is 0.527. The second-order valence-corrected chi connectivity index (χ2v) is 5.50.